The van der Waals surface area contributed by atoms with Crippen LogP contribution in [0.2, 0.25) is 0 Å². The van der Waals surface area contributed by atoms with E-state index in [0.717, 1.165) is 120 Å². The molecule has 5 aromatic carbocycles. The molecule has 139 heavy (non-hydrogen) atoms. The quantitative estimate of drug-likeness (QED) is 0.0221. The van der Waals surface area contributed by atoms with E-state index in [1.165, 1.54) is 150 Å². The van der Waals surface area contributed by atoms with Crippen molar-refractivity contribution >= 4 is 29.8 Å². The van der Waals surface area contributed by atoms with Crippen molar-refractivity contribution in [3.8, 4) is 28.7 Å². The molecule has 5 atom stereocenters. The molecule has 8 aliphatic rings. The van der Waals surface area contributed by atoms with Crippen molar-refractivity contribution in [1.29, 1.82) is 0 Å². The van der Waals surface area contributed by atoms with Gasteiger partial charge >= 0.3 is 29.8 Å². The first kappa shape index (κ1) is 126. The number of benzene rings is 5. The van der Waals surface area contributed by atoms with Crippen molar-refractivity contribution in [1.82, 2.24) is 0 Å². The molecule has 0 aromatic heterocycles. The van der Waals surface area contributed by atoms with Crippen LogP contribution in [0.3, 0.4) is 0 Å². The average Bonchev–Trinajstić information content (AvgIpc) is 1.02. The van der Waals surface area contributed by atoms with E-state index in [1.807, 2.05) is 158 Å². The van der Waals surface area contributed by atoms with Gasteiger partial charge in [-0.25, -0.2) is 0 Å². The monoisotopic (exact) mass is 1930 g/mol. The first-order chi connectivity index (χ1) is 65.1. The van der Waals surface area contributed by atoms with Crippen molar-refractivity contribution in [2.75, 3.05) is 0 Å². The Hall–Kier alpha value is -7.55. The normalized spacial score (nSPS) is 20.8. The molecule has 5 aromatic rings. The second-order valence-electron chi connectivity index (χ2n) is 46.9. The molecular weight excluding hydrogens is 1730 g/mol. The maximum Gasteiger partial charge on any atom is 0.312 e. The molecule has 5 N–H and O–H groups in total. The van der Waals surface area contributed by atoms with Crippen LogP contribution in [0.25, 0.3) is 0 Å². The Morgan fingerprint density at radius 2 is 0.525 bits per heavy atom. The standard InChI is InChI=1S/C16H26O2.C16H30O2.C15H28O2.C14H26O2.C13H24O2.5C10H14O/c1-4-16(2,3)15(17)18-14-12-6-10-5-11(8-12)9-13(14)7-10;1-7-15(3,4)14(17)18-16(5,6)13-10-8-12(2)9-11-13;1-6-14(2,3)13(16)17-15(4,5)12-10-8-7-9-11-12;1-5-13(3,4)12(15)16-14(6-2)10-8-7-9-11-14;1-5-12(3,4)11(14)15-13(6-2)9-7-8-10-13;5*1-3-8(2)9-4-6-10(11)7-5-9/h10-14H,4-9H2,1-3H3;12-13H,7-11H2,1-6H3;12H,6-11H2,1-5H3;5-11H2,1-4H3;5-10H2,1-4H3;5*4-8,11H,3H2,1-2H3. The van der Waals surface area contributed by atoms with E-state index in [9.17, 15) is 24.0 Å². The van der Waals surface area contributed by atoms with Gasteiger partial charge in [0.15, 0.2) is 0 Å². The Bertz CT molecular complexity index is 3890. The summed E-state index contributed by atoms with van der Waals surface area (Å²) in [5.41, 5.74) is 3.89. The summed E-state index contributed by atoms with van der Waals surface area (Å²) in [6.45, 7) is 66.6. The highest BCUT2D eigenvalue weighted by molar-refractivity contribution is 5.78. The van der Waals surface area contributed by atoms with Gasteiger partial charge in [-0.2, -0.15) is 0 Å². The Labute approximate surface area is 848 Å². The summed E-state index contributed by atoms with van der Waals surface area (Å²) in [5, 5.41) is 45.1. The smallest absolute Gasteiger partial charge is 0.312 e. The Balaban J connectivity index is 0.000000400. The molecule has 0 aliphatic heterocycles. The van der Waals surface area contributed by atoms with Crippen LogP contribution in [0.1, 0.15) is 504 Å². The largest absolute Gasteiger partial charge is 0.508 e. The van der Waals surface area contributed by atoms with E-state index in [4.69, 9.17) is 49.2 Å². The zero-order valence-corrected chi connectivity index (χ0v) is 94.1. The molecule has 8 saturated carbocycles. The van der Waals surface area contributed by atoms with Gasteiger partial charge in [0.2, 0.25) is 0 Å². The second-order valence-corrected chi connectivity index (χ2v) is 46.9. The van der Waals surface area contributed by atoms with Gasteiger partial charge < -0.3 is 49.2 Å². The molecule has 4 bridgehead atoms. The number of esters is 5. The fourth-order valence-corrected chi connectivity index (χ4v) is 18.9. The van der Waals surface area contributed by atoms with E-state index in [0.29, 0.717) is 82.0 Å². The number of hydrogen-bond donors (Lipinski definition) is 5. The lowest BCUT2D eigenvalue weighted by Gasteiger charge is -2.53. The summed E-state index contributed by atoms with van der Waals surface area (Å²) in [5.74, 6) is 9.73. The molecule has 15 nitrogen and oxygen atoms in total. The minimum Gasteiger partial charge on any atom is -0.508 e. The summed E-state index contributed by atoms with van der Waals surface area (Å²) >= 11 is 0. The molecule has 0 saturated heterocycles. The molecule has 0 spiro atoms. The van der Waals surface area contributed by atoms with Gasteiger partial charge in [0.1, 0.15) is 57.3 Å². The van der Waals surface area contributed by atoms with Crippen molar-refractivity contribution in [3.63, 3.8) is 0 Å². The van der Waals surface area contributed by atoms with Crippen LogP contribution in [0.5, 0.6) is 28.7 Å². The summed E-state index contributed by atoms with van der Waals surface area (Å²) in [4.78, 5) is 60.7. The highest BCUT2D eigenvalue weighted by atomic mass is 16.6. The lowest BCUT2D eigenvalue weighted by atomic mass is 9.55. The number of phenols is 5. The maximum absolute atomic E-state index is 12.3. The Morgan fingerprint density at radius 1 is 0.302 bits per heavy atom. The summed E-state index contributed by atoms with van der Waals surface area (Å²) in [6, 6.07) is 37.1. The molecule has 790 valence electrons. The second kappa shape index (κ2) is 60.3. The van der Waals surface area contributed by atoms with Crippen LogP contribution < -0.4 is 0 Å². The number of carbonyl (C=O) groups is 5. The molecule has 8 fully saturated rings. The number of hydrogen-bond acceptors (Lipinski definition) is 15. The molecule has 0 radical (unpaired) electrons. The third-order valence-corrected chi connectivity index (χ3v) is 33.4. The van der Waals surface area contributed by atoms with Gasteiger partial charge in [-0.05, 0) is 443 Å². The fraction of sp³-hybridized carbons (Fsp3) is 0.718. The van der Waals surface area contributed by atoms with Gasteiger partial charge in [-0.3, -0.25) is 24.0 Å². The third-order valence-electron chi connectivity index (χ3n) is 33.4. The number of ether oxygens (including phenoxy) is 5. The third kappa shape index (κ3) is 42.7. The number of rotatable bonds is 29. The first-order valence-corrected chi connectivity index (χ1v) is 55.2. The van der Waals surface area contributed by atoms with Gasteiger partial charge in [0.05, 0.1) is 27.1 Å². The lowest BCUT2D eigenvalue weighted by molar-refractivity contribution is -0.180. The molecule has 5 unspecified atom stereocenters. The summed E-state index contributed by atoms with van der Waals surface area (Å²) in [6.07, 6.45) is 40.3. The Morgan fingerprint density at radius 3 is 0.763 bits per heavy atom. The molecule has 0 amide bonds. The molecule has 15 heteroatoms. The topological polar surface area (TPSA) is 233 Å². The van der Waals surface area contributed by atoms with Gasteiger partial charge in [-0.15, -0.1) is 0 Å². The number of aromatic hydroxyl groups is 5. The van der Waals surface area contributed by atoms with Gasteiger partial charge in [-0.1, -0.05) is 224 Å². The van der Waals surface area contributed by atoms with Gasteiger partial charge in [0.25, 0.3) is 0 Å². The van der Waals surface area contributed by atoms with Crippen molar-refractivity contribution < 1.29 is 73.2 Å². The lowest BCUT2D eigenvalue weighted by Crippen LogP contribution is -2.51. The highest BCUT2D eigenvalue weighted by Crippen LogP contribution is 2.55. The van der Waals surface area contributed by atoms with E-state index in [1.54, 1.807) is 60.7 Å². The molecular formula is C124H204O15. The fourth-order valence-electron chi connectivity index (χ4n) is 18.9. The van der Waals surface area contributed by atoms with Crippen molar-refractivity contribution in [2.24, 2.45) is 68.5 Å². The van der Waals surface area contributed by atoms with E-state index in [2.05, 4.69) is 125 Å². The zero-order valence-electron chi connectivity index (χ0n) is 94.1. The predicted octanol–water partition coefficient (Wildman–Crippen LogP) is 35.0. The van der Waals surface area contributed by atoms with E-state index < -0.39 is 0 Å². The van der Waals surface area contributed by atoms with Crippen LogP contribution in [0.15, 0.2) is 121 Å². The van der Waals surface area contributed by atoms with E-state index >= 15 is 0 Å². The predicted molar refractivity (Wildman–Crippen MR) is 579 cm³/mol. The van der Waals surface area contributed by atoms with Gasteiger partial charge in [0, 0.05) is 0 Å². The van der Waals surface area contributed by atoms with E-state index in [-0.39, 0.29) is 85.4 Å². The summed E-state index contributed by atoms with van der Waals surface area (Å²) < 4.78 is 29.2. The molecule has 8 aliphatic carbocycles. The van der Waals surface area contributed by atoms with Crippen molar-refractivity contribution in [3.05, 3.63) is 149 Å². The first-order valence-electron chi connectivity index (χ1n) is 55.2. The Kier molecular flexibility index (Phi) is 54.5. The van der Waals surface area contributed by atoms with Crippen LogP contribution in [-0.2, 0) is 47.7 Å². The SMILES string of the molecule is CCC(C)(C)C(=O)OC(C)(C)C1CCC(C)CC1.CCC(C)(C)C(=O)OC(C)(C)C1CCCCC1.CCC(C)(C)C(=O)OC1C2CC3CC(C2)CC1C3.CCC(C)c1ccc(O)cc1.CCC(C)c1ccc(O)cc1.CCC(C)c1ccc(O)cc1.CCC(C)c1ccc(O)cc1.CCC(C)c1ccc(O)cc1.CCC1(OC(=O)C(C)(C)CC)CCCC1.CCC1(OC(=O)C(C)(C)CC)CCCCC1. The van der Waals surface area contributed by atoms with Crippen LogP contribution in [0, 0.1) is 68.5 Å². The average molecular weight is 1930 g/mol. The molecule has 0 heterocycles. The minimum absolute atomic E-state index is 0.0150. The minimum atomic E-state index is -0.362. The summed E-state index contributed by atoms with van der Waals surface area (Å²) in [7, 11) is 0. The van der Waals surface area contributed by atoms with Crippen LogP contribution in [0.4, 0.5) is 0 Å². The molecule has 13 rings (SSSR count). The van der Waals surface area contributed by atoms with Crippen molar-refractivity contribution in [2.45, 2.75) is 504 Å². The zero-order chi connectivity index (χ0) is 105. The van der Waals surface area contributed by atoms with Crippen LogP contribution >= 0.6 is 0 Å². The maximum atomic E-state index is 12.3. The highest BCUT2D eigenvalue weighted by Gasteiger charge is 2.51. The number of phenolic OH excluding ortho intramolecular Hbond substituents is 5. The van der Waals surface area contributed by atoms with Crippen LogP contribution in [-0.4, -0.2) is 83.9 Å². The number of carbonyl (C=O) groups excluding carboxylic acids is 5.